The van der Waals surface area contributed by atoms with Gasteiger partial charge in [-0.1, -0.05) is 65.8 Å². The van der Waals surface area contributed by atoms with Crippen molar-refractivity contribution in [2.45, 2.75) is 210 Å². The van der Waals surface area contributed by atoms with E-state index in [1.807, 2.05) is 10.6 Å². The molecule has 47 heteroatoms. The van der Waals surface area contributed by atoms with Crippen LogP contribution in [0.15, 0.2) is 61.1 Å². The third kappa shape index (κ3) is 37.9. The van der Waals surface area contributed by atoms with E-state index in [0.717, 1.165) is 6.92 Å². The average Bonchev–Trinajstić information content (AvgIpc) is 1.28. The number of H-pyrrole nitrogens is 1. The van der Waals surface area contributed by atoms with Gasteiger partial charge in [0, 0.05) is 31.2 Å². The monoisotopic (exact) mass is 1740 g/mol. The van der Waals surface area contributed by atoms with Crippen LogP contribution in [0, 0.1) is 17.8 Å². The lowest BCUT2D eigenvalue weighted by atomic mass is 9.99. The summed E-state index contributed by atoms with van der Waals surface area (Å²) in [5.41, 5.74) is 17.3. The summed E-state index contributed by atoms with van der Waals surface area (Å²) in [5, 5.41) is 125. The van der Waals surface area contributed by atoms with Crippen LogP contribution in [0.4, 0.5) is 0 Å². The van der Waals surface area contributed by atoms with Crippen molar-refractivity contribution in [1.82, 2.24) is 89.7 Å². The summed E-state index contributed by atoms with van der Waals surface area (Å²) in [5.74, 6) is -23.2. The second kappa shape index (κ2) is 53.3. The van der Waals surface area contributed by atoms with Crippen LogP contribution in [0.3, 0.4) is 0 Å². The number of amides is 16. The number of carboxylic acids is 2. The smallest absolute Gasteiger partial charge is 0.326 e. The number of benzene rings is 2. The van der Waals surface area contributed by atoms with Crippen molar-refractivity contribution in [3.8, 4) is 11.5 Å². The number of aromatic nitrogens is 2. The van der Waals surface area contributed by atoms with Gasteiger partial charge in [-0.3, -0.25) is 81.5 Å². The lowest BCUT2D eigenvalue weighted by Crippen LogP contribution is -2.62. The molecule has 15 atom stereocenters. The first-order valence-corrected chi connectivity index (χ1v) is 39.3. The lowest BCUT2D eigenvalue weighted by molar-refractivity contribution is -0.142. The van der Waals surface area contributed by atoms with E-state index < -0.39 is 262 Å². The molecule has 4 unspecified atom stereocenters. The Bertz CT molecular complexity index is 4060. The number of aliphatic hydroxyl groups is 5. The van der Waals surface area contributed by atoms with Crippen LogP contribution >= 0.6 is 0 Å². The molecule has 0 radical (unpaired) electrons. The molecule has 0 bridgehead atoms. The minimum absolute atomic E-state index is 0.0768. The lowest BCUT2D eigenvalue weighted by Gasteiger charge is -2.28. The van der Waals surface area contributed by atoms with Gasteiger partial charge < -0.3 is 148 Å². The Hall–Kier alpha value is -12.6. The molecule has 0 aliphatic carbocycles. The van der Waals surface area contributed by atoms with Crippen LogP contribution < -0.4 is 97.0 Å². The minimum Gasteiger partial charge on any atom is -0.508 e. The number of aliphatic hydroxyl groups excluding tert-OH is 5. The summed E-state index contributed by atoms with van der Waals surface area (Å²) >= 11 is 0. The number of aliphatic carboxylic acids is 2. The third-order valence-corrected chi connectivity index (χ3v) is 18.2. The van der Waals surface area contributed by atoms with Gasteiger partial charge >= 0.3 is 11.9 Å². The number of unbranched alkanes of at least 4 members (excludes halogenated alkanes) is 1. The number of aromatic amines is 1. The molecule has 0 saturated heterocycles. The van der Waals surface area contributed by atoms with E-state index in [9.17, 15) is 132 Å². The Kier molecular flexibility index (Phi) is 45.3. The summed E-state index contributed by atoms with van der Waals surface area (Å²) in [7, 11) is 0. The molecule has 2 aromatic carbocycles. The molecule has 0 fully saturated rings. The molecule has 682 valence electrons. The maximum absolute atomic E-state index is 14.5. The molecule has 1 aromatic heterocycles. The van der Waals surface area contributed by atoms with Crippen molar-refractivity contribution in [3.63, 3.8) is 0 Å². The highest BCUT2D eigenvalue weighted by atomic mass is 16.4. The SMILES string of the molecule is CC(C)C[C@H](NC(=O)[C@H](CC(C)C)NC(=O)[C@H](CO)NC(=O)C(CCCCN)NC(=O)[C@H](CO)NC(=O)C(CO)NC(=O)CN)C(=O)NC(Cc1cnc[nH]1)C(=O)N[C@@H](CO)C(=O)NC(CC(=O)O)C(=O)NCC(=O)N[C@@H](CC(N)=O)C(=O)N[C@H](C(=O)N[C@H](Cc1ccc(O)cc1)C(=O)N[C@H](CC(C)C)C(=O)N[C@H](Cc1ccc(O)cc1)C(=O)O)[C@@H](C)O. The number of nitrogens with two attached hydrogens (primary N) is 3. The second-order valence-corrected chi connectivity index (χ2v) is 30.1. The number of hydrogen-bond acceptors (Lipinski definition) is 28. The van der Waals surface area contributed by atoms with E-state index in [4.69, 9.17) is 17.2 Å². The Balaban J connectivity index is 1.83. The van der Waals surface area contributed by atoms with Gasteiger partial charge in [-0.2, -0.15) is 0 Å². The summed E-state index contributed by atoms with van der Waals surface area (Å²) in [6, 6.07) is -13.7. The first kappa shape index (κ1) is 105. The molecule has 0 saturated carbocycles. The highest BCUT2D eigenvalue weighted by Crippen LogP contribution is 2.17. The predicted octanol–water partition coefficient (Wildman–Crippen LogP) is -10.2. The zero-order chi connectivity index (χ0) is 92.5. The maximum Gasteiger partial charge on any atom is 0.326 e. The number of phenolic OH excluding ortho intramolecular Hbond substituents is 2. The fraction of sp³-hybridized carbons (Fsp3) is 0.566. The Labute approximate surface area is 706 Å². The minimum atomic E-state index is -2.14. The molecule has 16 amide bonds. The fourth-order valence-electron chi connectivity index (χ4n) is 11.8. The van der Waals surface area contributed by atoms with E-state index in [-0.39, 0.29) is 80.5 Å². The van der Waals surface area contributed by atoms with Crippen molar-refractivity contribution in [3.05, 3.63) is 77.9 Å². The van der Waals surface area contributed by atoms with E-state index in [2.05, 4.69) is 79.1 Å². The van der Waals surface area contributed by atoms with Crippen LogP contribution in [-0.4, -0.2) is 299 Å². The van der Waals surface area contributed by atoms with Crippen molar-refractivity contribution in [2.24, 2.45) is 35.0 Å². The topological polar surface area (TPSA) is 777 Å². The van der Waals surface area contributed by atoms with Gasteiger partial charge in [0.2, 0.25) is 94.5 Å². The Morgan fingerprint density at radius 1 is 0.390 bits per heavy atom. The van der Waals surface area contributed by atoms with Gasteiger partial charge in [0.1, 0.15) is 96.1 Å². The molecule has 3 aromatic rings. The third-order valence-electron chi connectivity index (χ3n) is 18.2. The van der Waals surface area contributed by atoms with E-state index in [1.54, 1.807) is 41.5 Å². The van der Waals surface area contributed by atoms with Gasteiger partial charge in [0.15, 0.2) is 0 Å². The van der Waals surface area contributed by atoms with Crippen molar-refractivity contribution in [1.29, 1.82) is 0 Å². The number of primary amides is 1. The molecular weight excluding hydrogens is 1620 g/mol. The number of imidazole rings is 1. The predicted molar refractivity (Wildman–Crippen MR) is 430 cm³/mol. The van der Waals surface area contributed by atoms with Gasteiger partial charge in [-0.25, -0.2) is 9.78 Å². The molecule has 0 aliphatic heterocycles. The number of aromatic hydroxyl groups is 2. The zero-order valence-corrected chi connectivity index (χ0v) is 68.9. The largest absolute Gasteiger partial charge is 0.508 e. The molecular formula is C76H116N20O27. The van der Waals surface area contributed by atoms with E-state index in [0.29, 0.717) is 17.5 Å². The molecule has 123 heavy (non-hydrogen) atoms. The Morgan fingerprint density at radius 3 is 1.11 bits per heavy atom. The number of nitrogens with one attached hydrogen (secondary N) is 16. The van der Waals surface area contributed by atoms with Crippen LogP contribution in [0.5, 0.6) is 11.5 Å². The van der Waals surface area contributed by atoms with E-state index >= 15 is 0 Å². The van der Waals surface area contributed by atoms with Gasteiger partial charge in [-0.05, 0) is 105 Å². The number of carbonyl (C=O) groups excluding carboxylic acids is 16. The number of nitrogens with zero attached hydrogens (tertiary/aromatic N) is 1. The summed E-state index contributed by atoms with van der Waals surface area (Å²) in [6.45, 7) is 5.11. The van der Waals surface area contributed by atoms with E-state index in [1.165, 1.54) is 61.1 Å². The Morgan fingerprint density at radius 2 is 0.732 bits per heavy atom. The second-order valence-electron chi connectivity index (χ2n) is 30.1. The first-order chi connectivity index (χ1) is 58.0. The molecule has 47 nitrogen and oxygen atoms in total. The number of hydrogen-bond donors (Lipinski definition) is 28. The number of phenols is 2. The first-order valence-electron chi connectivity index (χ1n) is 39.3. The van der Waals surface area contributed by atoms with Crippen molar-refractivity contribution in [2.75, 3.05) is 46.1 Å². The van der Waals surface area contributed by atoms with Crippen molar-refractivity contribution >= 4 is 106 Å². The molecule has 1 heterocycles. The summed E-state index contributed by atoms with van der Waals surface area (Å²) < 4.78 is 0. The zero-order valence-electron chi connectivity index (χ0n) is 68.9. The number of rotatable bonds is 56. The van der Waals surface area contributed by atoms with Gasteiger partial charge in [0.25, 0.3) is 0 Å². The maximum atomic E-state index is 14.5. The highest BCUT2D eigenvalue weighted by Gasteiger charge is 2.40. The van der Waals surface area contributed by atoms with Crippen LogP contribution in [0.2, 0.25) is 0 Å². The van der Waals surface area contributed by atoms with Crippen molar-refractivity contribution < 1.29 is 132 Å². The van der Waals surface area contributed by atoms with Crippen LogP contribution in [0.1, 0.15) is 117 Å². The van der Waals surface area contributed by atoms with Gasteiger partial charge in [0.05, 0.1) is 64.8 Å². The molecule has 3 rings (SSSR count). The quantitative estimate of drug-likeness (QED) is 0.0233. The average molecular weight is 1740 g/mol. The highest BCUT2D eigenvalue weighted by molar-refractivity contribution is 6.01. The van der Waals surface area contributed by atoms with Crippen LogP contribution in [0.25, 0.3) is 0 Å². The summed E-state index contributed by atoms with van der Waals surface area (Å²) in [4.78, 5) is 250. The molecule has 0 spiro atoms. The van der Waals surface area contributed by atoms with Crippen LogP contribution in [-0.2, 0) is 106 Å². The fourth-order valence-corrected chi connectivity index (χ4v) is 11.8. The number of carbonyl (C=O) groups is 18. The molecule has 0 aliphatic rings. The van der Waals surface area contributed by atoms with Gasteiger partial charge in [-0.15, -0.1) is 0 Å². The normalized spacial score (nSPS) is 14.8. The standard InChI is InChI=1S/C76H116N20O27/c1-36(2)20-46(86-65(111)47(21-37(3)4)88-73(119)56(33-99)93-64(110)45(10-8-9-19-77)85-72(118)55(32-98)95-71(117)54(31-97)84-59(105)28-78)66(112)89-50(25-42-29-80-35-82-42)69(115)94-57(34-100)74(120)90-52(27-61(107)108)63(109)81-30-60(106)83-51(26-58(79)104)70(116)96-62(39(7)101)75(121)91-49(23-40-11-15-43(102)16-12-40)68(114)87-48(22-38(5)6)67(113)92-53(76(122)123)24-41-13-17-44(103)18-14-41/h11-18,29,35-39,45-57,62,97-103H,8-10,19-28,30-34,77-78H2,1-7H3,(H2,79,104)(H,80,82)(H,81,109)(H,83,106)(H,84,105)(H,85,118)(H,86,111)(H,87,114)(H,88,119)(H,89,112)(H,90,120)(H,91,121)(H,92,113)(H,93,110)(H,94,115)(H,95,117)(H,96,116)(H,107,108)(H,122,123)/t39-,45?,46+,47+,48-,49-,50?,51+,52?,53-,54?,55+,56+,57+,62+/m1/s1. The number of carboxylic acid groups (broad SMARTS) is 2. The molecule has 31 N–H and O–H groups in total. The summed E-state index contributed by atoms with van der Waals surface area (Å²) in [6.07, 6.45) is -2.73.